The van der Waals surface area contributed by atoms with Crippen LogP contribution in [-0.4, -0.2) is 27.3 Å². The summed E-state index contributed by atoms with van der Waals surface area (Å²) in [7, 11) is 1.55. The average Bonchev–Trinajstić information content (AvgIpc) is 3.04. The van der Waals surface area contributed by atoms with Gasteiger partial charge in [-0.15, -0.1) is 10.2 Å². The third kappa shape index (κ3) is 3.36. The van der Waals surface area contributed by atoms with Crippen LogP contribution in [0, 0.1) is 5.82 Å². The van der Waals surface area contributed by atoms with Gasteiger partial charge >= 0.3 is 0 Å². The second kappa shape index (κ2) is 6.56. The van der Waals surface area contributed by atoms with E-state index in [0.717, 1.165) is 12.0 Å². The fraction of sp³-hybridized carbons (Fsp3) is 0.235. The Kier molecular flexibility index (Phi) is 4.32. The molecule has 0 aliphatic heterocycles. The van der Waals surface area contributed by atoms with Crippen molar-refractivity contribution in [1.82, 2.24) is 20.2 Å². The first kappa shape index (κ1) is 15.1. The van der Waals surface area contributed by atoms with Gasteiger partial charge in [0.25, 0.3) is 0 Å². The molecule has 2 aromatic carbocycles. The SMILES string of the molecule is CCc1ccc(-c2nnn(Cc3cc(F)ccc3OC)n2)cc1. The molecule has 1 aromatic heterocycles. The van der Waals surface area contributed by atoms with E-state index in [9.17, 15) is 4.39 Å². The molecule has 0 bridgehead atoms. The number of rotatable bonds is 5. The zero-order valence-corrected chi connectivity index (χ0v) is 13.0. The van der Waals surface area contributed by atoms with E-state index in [1.165, 1.54) is 22.5 Å². The molecule has 1 heterocycles. The van der Waals surface area contributed by atoms with Gasteiger partial charge in [0, 0.05) is 11.1 Å². The van der Waals surface area contributed by atoms with Gasteiger partial charge in [-0.05, 0) is 35.4 Å². The van der Waals surface area contributed by atoms with Crippen molar-refractivity contribution in [2.24, 2.45) is 0 Å². The molecule has 0 atom stereocenters. The minimum absolute atomic E-state index is 0.293. The maximum absolute atomic E-state index is 13.4. The fourth-order valence-corrected chi connectivity index (χ4v) is 2.34. The van der Waals surface area contributed by atoms with E-state index in [1.807, 2.05) is 24.3 Å². The summed E-state index contributed by atoms with van der Waals surface area (Å²) in [6.07, 6.45) is 0.986. The Balaban J connectivity index is 1.83. The molecule has 0 saturated carbocycles. The Morgan fingerprint density at radius 2 is 1.91 bits per heavy atom. The third-order valence-corrected chi connectivity index (χ3v) is 3.63. The van der Waals surface area contributed by atoms with Crippen LogP contribution in [0.25, 0.3) is 11.4 Å². The lowest BCUT2D eigenvalue weighted by molar-refractivity contribution is 0.403. The van der Waals surface area contributed by atoms with Gasteiger partial charge in [-0.1, -0.05) is 31.2 Å². The number of tetrazole rings is 1. The Hall–Kier alpha value is -2.76. The van der Waals surface area contributed by atoms with Crippen molar-refractivity contribution in [2.45, 2.75) is 19.9 Å². The van der Waals surface area contributed by atoms with Crippen LogP contribution in [0.2, 0.25) is 0 Å². The third-order valence-electron chi connectivity index (χ3n) is 3.63. The van der Waals surface area contributed by atoms with E-state index in [0.29, 0.717) is 23.7 Å². The number of hydrogen-bond acceptors (Lipinski definition) is 4. The van der Waals surface area contributed by atoms with Gasteiger partial charge in [-0.25, -0.2) is 4.39 Å². The van der Waals surface area contributed by atoms with Gasteiger partial charge in [-0.3, -0.25) is 0 Å². The molecule has 6 heteroatoms. The Morgan fingerprint density at radius 1 is 1.13 bits per heavy atom. The first-order valence-corrected chi connectivity index (χ1v) is 7.39. The molecule has 0 saturated heterocycles. The summed E-state index contributed by atoms with van der Waals surface area (Å²) >= 11 is 0. The molecule has 3 aromatic rings. The van der Waals surface area contributed by atoms with E-state index < -0.39 is 0 Å². The largest absolute Gasteiger partial charge is 0.496 e. The highest BCUT2D eigenvalue weighted by Gasteiger charge is 2.10. The highest BCUT2D eigenvalue weighted by Crippen LogP contribution is 2.20. The van der Waals surface area contributed by atoms with Crippen LogP contribution in [0.15, 0.2) is 42.5 Å². The van der Waals surface area contributed by atoms with Crippen molar-refractivity contribution < 1.29 is 9.13 Å². The summed E-state index contributed by atoms with van der Waals surface area (Å²) < 4.78 is 18.6. The molecule has 0 fully saturated rings. The van der Waals surface area contributed by atoms with Crippen LogP contribution in [0.4, 0.5) is 4.39 Å². The van der Waals surface area contributed by atoms with Gasteiger partial charge in [0.2, 0.25) is 5.82 Å². The predicted molar refractivity (Wildman–Crippen MR) is 84.7 cm³/mol. The molecule has 118 valence electrons. The van der Waals surface area contributed by atoms with Crippen LogP contribution < -0.4 is 4.74 Å². The summed E-state index contributed by atoms with van der Waals surface area (Å²) in [5, 5.41) is 12.4. The number of nitrogens with zero attached hydrogens (tertiary/aromatic N) is 4. The molecule has 5 nitrogen and oxygen atoms in total. The van der Waals surface area contributed by atoms with Crippen molar-refractivity contribution in [1.29, 1.82) is 0 Å². The quantitative estimate of drug-likeness (QED) is 0.726. The smallest absolute Gasteiger partial charge is 0.204 e. The first-order valence-electron chi connectivity index (χ1n) is 7.39. The maximum atomic E-state index is 13.4. The molecule has 23 heavy (non-hydrogen) atoms. The molecule has 0 N–H and O–H groups in total. The molecular weight excluding hydrogens is 295 g/mol. The van der Waals surface area contributed by atoms with Crippen molar-refractivity contribution in [3.63, 3.8) is 0 Å². The number of methoxy groups -OCH3 is 1. The molecule has 0 amide bonds. The first-order chi connectivity index (χ1) is 11.2. The number of aromatic nitrogens is 4. The van der Waals surface area contributed by atoms with Crippen molar-refractivity contribution in [3.8, 4) is 17.1 Å². The van der Waals surface area contributed by atoms with Crippen LogP contribution >= 0.6 is 0 Å². The summed E-state index contributed by atoms with van der Waals surface area (Å²) in [4.78, 5) is 1.43. The van der Waals surface area contributed by atoms with E-state index in [2.05, 4.69) is 22.3 Å². The highest BCUT2D eigenvalue weighted by molar-refractivity contribution is 5.54. The van der Waals surface area contributed by atoms with Crippen molar-refractivity contribution in [2.75, 3.05) is 7.11 Å². The molecule has 0 radical (unpaired) electrons. The minimum Gasteiger partial charge on any atom is -0.496 e. The van der Waals surface area contributed by atoms with Gasteiger partial charge in [0.15, 0.2) is 0 Å². The van der Waals surface area contributed by atoms with Crippen LogP contribution in [-0.2, 0) is 13.0 Å². The topological polar surface area (TPSA) is 52.8 Å². The minimum atomic E-state index is -0.323. The van der Waals surface area contributed by atoms with Gasteiger partial charge in [-0.2, -0.15) is 4.80 Å². The lowest BCUT2D eigenvalue weighted by Crippen LogP contribution is -2.06. The zero-order valence-electron chi connectivity index (χ0n) is 13.0. The van der Waals surface area contributed by atoms with Crippen LogP contribution in [0.5, 0.6) is 5.75 Å². The fourth-order valence-electron chi connectivity index (χ4n) is 2.34. The summed E-state index contributed by atoms with van der Waals surface area (Å²) in [5.41, 5.74) is 2.82. The Bertz CT molecular complexity index is 799. The van der Waals surface area contributed by atoms with Crippen molar-refractivity contribution >= 4 is 0 Å². The lowest BCUT2D eigenvalue weighted by Gasteiger charge is -2.07. The molecule has 3 rings (SSSR count). The van der Waals surface area contributed by atoms with Crippen LogP contribution in [0.3, 0.4) is 0 Å². The number of halogens is 1. The summed E-state index contributed by atoms with van der Waals surface area (Å²) in [6, 6.07) is 12.4. The van der Waals surface area contributed by atoms with E-state index in [4.69, 9.17) is 4.74 Å². The van der Waals surface area contributed by atoms with Gasteiger partial charge in [0.1, 0.15) is 11.6 Å². The number of hydrogen-bond donors (Lipinski definition) is 0. The summed E-state index contributed by atoms with van der Waals surface area (Å²) in [5.74, 6) is 0.817. The van der Waals surface area contributed by atoms with Gasteiger partial charge in [0.05, 0.1) is 13.7 Å². The van der Waals surface area contributed by atoms with E-state index in [-0.39, 0.29) is 5.82 Å². The molecule has 0 spiro atoms. The number of benzene rings is 2. The highest BCUT2D eigenvalue weighted by atomic mass is 19.1. The Labute approximate surface area is 133 Å². The molecular formula is C17H17FN4O. The normalized spacial score (nSPS) is 10.7. The molecule has 0 unspecified atom stereocenters. The lowest BCUT2D eigenvalue weighted by atomic mass is 10.1. The van der Waals surface area contributed by atoms with E-state index >= 15 is 0 Å². The van der Waals surface area contributed by atoms with Crippen molar-refractivity contribution in [3.05, 3.63) is 59.4 Å². The zero-order chi connectivity index (χ0) is 16.2. The number of ether oxygens (including phenoxy) is 1. The van der Waals surface area contributed by atoms with Gasteiger partial charge < -0.3 is 4.74 Å². The standard InChI is InChI=1S/C17H17FN4O/c1-3-12-4-6-13(7-5-12)17-19-21-22(20-17)11-14-10-15(18)8-9-16(14)23-2/h4-10H,3,11H2,1-2H3. The number of aryl methyl sites for hydroxylation is 1. The average molecular weight is 312 g/mol. The Morgan fingerprint density at radius 3 is 2.61 bits per heavy atom. The maximum Gasteiger partial charge on any atom is 0.204 e. The van der Waals surface area contributed by atoms with Crippen LogP contribution in [0.1, 0.15) is 18.1 Å². The predicted octanol–water partition coefficient (Wildman–Crippen LogP) is 3.10. The summed E-state index contributed by atoms with van der Waals surface area (Å²) in [6.45, 7) is 2.40. The van der Waals surface area contributed by atoms with E-state index in [1.54, 1.807) is 13.2 Å². The monoisotopic (exact) mass is 312 g/mol. The second-order valence-corrected chi connectivity index (χ2v) is 5.15. The molecule has 0 aliphatic rings. The molecule has 0 aliphatic carbocycles. The second-order valence-electron chi connectivity index (χ2n) is 5.15.